The summed E-state index contributed by atoms with van der Waals surface area (Å²) in [4.78, 5) is 24.7. The SMILES string of the molecule is CC(C)(C)OC(=O)N1CCN(CCN=C(N)NCCc2ccccn2)CC1.I. The molecule has 0 aliphatic carbocycles. The van der Waals surface area contributed by atoms with Gasteiger partial charge in [-0.15, -0.1) is 24.0 Å². The fraction of sp³-hybridized carbons (Fsp3) is 0.632. The van der Waals surface area contributed by atoms with Crippen molar-refractivity contribution in [2.24, 2.45) is 10.7 Å². The van der Waals surface area contributed by atoms with E-state index in [9.17, 15) is 4.79 Å². The predicted octanol–water partition coefficient (Wildman–Crippen LogP) is 1.70. The molecule has 1 aliphatic rings. The van der Waals surface area contributed by atoms with Crippen LogP contribution in [0.15, 0.2) is 29.4 Å². The summed E-state index contributed by atoms with van der Waals surface area (Å²) in [6.07, 6.45) is 2.36. The van der Waals surface area contributed by atoms with Crippen molar-refractivity contribution in [1.82, 2.24) is 20.1 Å². The molecule has 1 saturated heterocycles. The number of carbonyl (C=O) groups is 1. The van der Waals surface area contributed by atoms with Gasteiger partial charge >= 0.3 is 6.09 Å². The van der Waals surface area contributed by atoms with Crippen LogP contribution in [0.25, 0.3) is 0 Å². The van der Waals surface area contributed by atoms with E-state index < -0.39 is 5.60 Å². The summed E-state index contributed by atoms with van der Waals surface area (Å²) in [6.45, 7) is 10.8. The van der Waals surface area contributed by atoms with Gasteiger partial charge in [0.25, 0.3) is 0 Å². The second-order valence-electron chi connectivity index (χ2n) is 7.57. The van der Waals surface area contributed by atoms with Crippen LogP contribution in [0.1, 0.15) is 26.5 Å². The Morgan fingerprint density at radius 3 is 2.61 bits per heavy atom. The van der Waals surface area contributed by atoms with Gasteiger partial charge in [0.1, 0.15) is 5.60 Å². The largest absolute Gasteiger partial charge is 0.444 e. The molecular formula is C19H33IN6O2. The van der Waals surface area contributed by atoms with E-state index in [0.717, 1.165) is 31.7 Å². The molecule has 0 atom stereocenters. The van der Waals surface area contributed by atoms with E-state index in [0.29, 0.717) is 32.1 Å². The number of pyridine rings is 1. The van der Waals surface area contributed by atoms with Crippen molar-refractivity contribution in [3.63, 3.8) is 0 Å². The molecule has 0 aromatic carbocycles. The predicted molar refractivity (Wildman–Crippen MR) is 122 cm³/mol. The van der Waals surface area contributed by atoms with Gasteiger partial charge in [0.15, 0.2) is 5.96 Å². The minimum absolute atomic E-state index is 0. The quantitative estimate of drug-likeness (QED) is 0.348. The van der Waals surface area contributed by atoms with E-state index in [-0.39, 0.29) is 30.1 Å². The maximum atomic E-state index is 12.1. The van der Waals surface area contributed by atoms with Gasteiger partial charge in [0, 0.05) is 57.6 Å². The van der Waals surface area contributed by atoms with Crippen LogP contribution >= 0.6 is 24.0 Å². The molecule has 0 radical (unpaired) electrons. The number of amides is 1. The van der Waals surface area contributed by atoms with Crippen LogP contribution in [0.5, 0.6) is 0 Å². The van der Waals surface area contributed by atoms with E-state index in [1.54, 1.807) is 11.1 Å². The van der Waals surface area contributed by atoms with Gasteiger partial charge in [-0.25, -0.2) is 4.79 Å². The Morgan fingerprint density at radius 2 is 2.00 bits per heavy atom. The molecule has 0 spiro atoms. The third kappa shape index (κ3) is 9.54. The molecule has 28 heavy (non-hydrogen) atoms. The van der Waals surface area contributed by atoms with Crippen LogP contribution < -0.4 is 11.1 Å². The van der Waals surface area contributed by atoms with E-state index in [2.05, 4.69) is 20.2 Å². The van der Waals surface area contributed by atoms with Crippen LogP contribution in [0.2, 0.25) is 0 Å². The van der Waals surface area contributed by atoms with Gasteiger partial charge in [0.05, 0.1) is 6.54 Å². The van der Waals surface area contributed by atoms with Gasteiger partial charge in [-0.2, -0.15) is 0 Å². The highest BCUT2D eigenvalue weighted by Gasteiger charge is 2.25. The van der Waals surface area contributed by atoms with E-state index in [1.807, 2.05) is 39.0 Å². The molecule has 1 amide bonds. The van der Waals surface area contributed by atoms with Crippen molar-refractivity contribution < 1.29 is 9.53 Å². The van der Waals surface area contributed by atoms with Gasteiger partial charge in [-0.3, -0.25) is 14.9 Å². The average Bonchev–Trinajstić information content (AvgIpc) is 2.62. The Hall–Kier alpha value is -1.62. The van der Waals surface area contributed by atoms with Crippen LogP contribution in [0.3, 0.4) is 0 Å². The summed E-state index contributed by atoms with van der Waals surface area (Å²) in [6, 6.07) is 5.87. The second kappa shape index (κ2) is 12.1. The highest BCUT2D eigenvalue weighted by molar-refractivity contribution is 14.0. The van der Waals surface area contributed by atoms with Crippen molar-refractivity contribution in [1.29, 1.82) is 0 Å². The second-order valence-corrected chi connectivity index (χ2v) is 7.57. The monoisotopic (exact) mass is 504 g/mol. The van der Waals surface area contributed by atoms with Gasteiger partial charge in [0.2, 0.25) is 0 Å². The van der Waals surface area contributed by atoms with E-state index in [1.165, 1.54) is 0 Å². The molecule has 1 aromatic rings. The van der Waals surface area contributed by atoms with Crippen LogP contribution in [0.4, 0.5) is 4.79 Å². The molecule has 1 aliphatic heterocycles. The minimum atomic E-state index is -0.454. The number of ether oxygens (including phenoxy) is 1. The van der Waals surface area contributed by atoms with Crippen molar-refractivity contribution >= 4 is 36.0 Å². The highest BCUT2D eigenvalue weighted by atomic mass is 127. The number of nitrogens with two attached hydrogens (primary N) is 1. The molecule has 0 unspecified atom stereocenters. The summed E-state index contributed by atoms with van der Waals surface area (Å²) < 4.78 is 5.41. The number of aromatic nitrogens is 1. The number of guanidine groups is 1. The summed E-state index contributed by atoms with van der Waals surface area (Å²) in [5.74, 6) is 0.457. The molecule has 0 bridgehead atoms. The first-order valence-corrected chi connectivity index (χ1v) is 9.47. The average molecular weight is 504 g/mol. The van der Waals surface area contributed by atoms with Crippen molar-refractivity contribution in [2.75, 3.05) is 45.8 Å². The molecule has 3 N–H and O–H groups in total. The van der Waals surface area contributed by atoms with E-state index >= 15 is 0 Å². The Bertz CT molecular complexity index is 613. The molecular weight excluding hydrogens is 471 g/mol. The van der Waals surface area contributed by atoms with Gasteiger partial charge in [-0.1, -0.05) is 6.07 Å². The van der Waals surface area contributed by atoms with Crippen molar-refractivity contribution in [3.8, 4) is 0 Å². The van der Waals surface area contributed by atoms with Gasteiger partial charge in [-0.05, 0) is 32.9 Å². The molecule has 1 fully saturated rings. The smallest absolute Gasteiger partial charge is 0.410 e. The third-order valence-electron chi connectivity index (χ3n) is 4.14. The fourth-order valence-corrected chi connectivity index (χ4v) is 2.71. The zero-order chi connectivity index (χ0) is 19.7. The Labute approximate surface area is 184 Å². The lowest BCUT2D eigenvalue weighted by molar-refractivity contribution is 0.0148. The van der Waals surface area contributed by atoms with Gasteiger partial charge < -0.3 is 20.7 Å². The number of hydrogen-bond donors (Lipinski definition) is 2. The molecule has 0 saturated carbocycles. The number of nitrogens with zero attached hydrogens (tertiary/aromatic N) is 4. The van der Waals surface area contributed by atoms with E-state index in [4.69, 9.17) is 10.5 Å². The third-order valence-corrected chi connectivity index (χ3v) is 4.14. The zero-order valence-corrected chi connectivity index (χ0v) is 19.4. The summed E-state index contributed by atoms with van der Waals surface area (Å²) >= 11 is 0. The number of nitrogens with one attached hydrogen (secondary N) is 1. The summed E-state index contributed by atoms with van der Waals surface area (Å²) in [5, 5.41) is 3.11. The number of halogens is 1. The maximum Gasteiger partial charge on any atom is 0.410 e. The maximum absolute atomic E-state index is 12.1. The van der Waals surface area contributed by atoms with Crippen LogP contribution in [0, 0.1) is 0 Å². The molecule has 2 heterocycles. The highest BCUT2D eigenvalue weighted by Crippen LogP contribution is 2.11. The van der Waals surface area contributed by atoms with Crippen molar-refractivity contribution in [3.05, 3.63) is 30.1 Å². The molecule has 158 valence electrons. The first-order chi connectivity index (χ1) is 12.8. The summed E-state index contributed by atoms with van der Waals surface area (Å²) in [5.41, 5.74) is 6.48. The summed E-state index contributed by atoms with van der Waals surface area (Å²) in [7, 11) is 0. The lowest BCUT2D eigenvalue weighted by atomic mass is 10.2. The number of hydrogen-bond acceptors (Lipinski definition) is 5. The Kier molecular flexibility index (Phi) is 10.5. The molecule has 2 rings (SSSR count). The Balaban J connectivity index is 0.00000392. The minimum Gasteiger partial charge on any atom is -0.444 e. The normalized spacial score (nSPS) is 15.7. The lowest BCUT2D eigenvalue weighted by Crippen LogP contribution is -2.50. The number of aliphatic imine (C=N–C) groups is 1. The first-order valence-electron chi connectivity index (χ1n) is 9.47. The molecule has 1 aromatic heterocycles. The molecule has 8 nitrogen and oxygen atoms in total. The molecule has 9 heteroatoms. The zero-order valence-electron chi connectivity index (χ0n) is 17.1. The number of piperazine rings is 1. The topological polar surface area (TPSA) is 96.1 Å². The Morgan fingerprint density at radius 1 is 1.29 bits per heavy atom. The van der Waals surface area contributed by atoms with Crippen molar-refractivity contribution in [2.45, 2.75) is 32.8 Å². The van der Waals surface area contributed by atoms with Crippen LogP contribution in [-0.2, 0) is 11.2 Å². The first kappa shape index (κ1) is 24.4. The fourth-order valence-electron chi connectivity index (χ4n) is 2.71. The number of carbonyl (C=O) groups excluding carboxylic acids is 1. The lowest BCUT2D eigenvalue weighted by Gasteiger charge is -2.35. The van der Waals surface area contributed by atoms with Crippen LogP contribution in [-0.4, -0.2) is 78.3 Å². The number of rotatable bonds is 6. The standard InChI is InChI=1S/C19H32N6O2.HI/c1-19(2,3)27-18(26)25-14-12-24(13-15-25)11-10-23-17(20)22-9-7-16-6-4-5-8-21-16;/h4-6,8H,7,9-15H2,1-3H3,(H3,20,22,23);1H.